The summed E-state index contributed by atoms with van der Waals surface area (Å²) in [6.45, 7) is 2.14. The molecule has 198 valence electrons. The van der Waals surface area contributed by atoms with Gasteiger partial charge in [-0.25, -0.2) is 9.97 Å². The first kappa shape index (κ1) is 24.0. The number of hydrogen-bond donors (Lipinski definition) is 3. The normalized spacial score (nSPS) is 13.7. The van der Waals surface area contributed by atoms with Gasteiger partial charge in [0.1, 0.15) is 5.65 Å². The van der Waals surface area contributed by atoms with Crippen LogP contribution in [-0.4, -0.2) is 49.1 Å². The van der Waals surface area contributed by atoms with E-state index in [1.165, 1.54) is 24.9 Å². The van der Waals surface area contributed by atoms with Gasteiger partial charge in [-0.2, -0.15) is 5.10 Å². The molecule has 0 unspecified atom stereocenters. The third-order valence-corrected chi connectivity index (χ3v) is 7.45. The lowest BCUT2D eigenvalue weighted by Crippen LogP contribution is -2.29. The van der Waals surface area contributed by atoms with Gasteiger partial charge in [0, 0.05) is 59.3 Å². The zero-order chi connectivity index (χ0) is 26.9. The zero-order valence-corrected chi connectivity index (χ0v) is 21.9. The molecule has 0 bridgehead atoms. The number of aromatic nitrogens is 6. The molecule has 1 aromatic carbocycles. The number of aromatic amines is 2. The van der Waals surface area contributed by atoms with Gasteiger partial charge < -0.3 is 15.2 Å². The molecule has 0 atom stereocenters. The van der Waals surface area contributed by atoms with Crippen molar-refractivity contribution in [3.63, 3.8) is 0 Å². The van der Waals surface area contributed by atoms with Crippen molar-refractivity contribution < 1.29 is 4.79 Å². The number of anilines is 2. The number of carbonyl (C=O) groups excluding carboxylic acids is 1. The third kappa shape index (κ3) is 4.66. The number of hydrogen-bond acceptors (Lipinski definition) is 6. The van der Waals surface area contributed by atoms with Crippen LogP contribution in [0.25, 0.3) is 44.6 Å². The second-order valence-corrected chi connectivity index (χ2v) is 10.2. The van der Waals surface area contributed by atoms with Gasteiger partial charge in [-0.1, -0.05) is 30.3 Å². The molecule has 9 nitrogen and oxygen atoms in total. The first-order valence-corrected chi connectivity index (χ1v) is 13.6. The van der Waals surface area contributed by atoms with Gasteiger partial charge in [0.05, 0.1) is 29.7 Å². The number of piperidine rings is 1. The van der Waals surface area contributed by atoms with Crippen molar-refractivity contribution in [2.45, 2.75) is 25.7 Å². The molecule has 7 rings (SSSR count). The molecule has 5 aromatic heterocycles. The fourth-order valence-electron chi connectivity index (χ4n) is 5.47. The van der Waals surface area contributed by atoms with Crippen LogP contribution in [0.1, 0.15) is 24.8 Å². The average Bonchev–Trinajstić information content (AvgIpc) is 3.62. The maximum atomic E-state index is 12.6. The van der Waals surface area contributed by atoms with Gasteiger partial charge in [-0.05, 0) is 49.1 Å². The largest absolute Gasteiger partial charge is 0.371 e. The third-order valence-electron chi connectivity index (χ3n) is 7.45. The molecular formula is C31H28N8O. The van der Waals surface area contributed by atoms with Gasteiger partial charge in [-0.15, -0.1) is 0 Å². The summed E-state index contributed by atoms with van der Waals surface area (Å²) >= 11 is 0. The number of carbonyl (C=O) groups is 1. The number of H-pyrrole nitrogens is 2. The zero-order valence-electron chi connectivity index (χ0n) is 21.9. The first-order chi connectivity index (χ1) is 19.7. The number of nitrogens with zero attached hydrogens (tertiary/aromatic N) is 5. The molecule has 1 aliphatic rings. The fourth-order valence-corrected chi connectivity index (χ4v) is 5.47. The lowest BCUT2D eigenvalue weighted by Gasteiger charge is -2.29. The Morgan fingerprint density at radius 3 is 2.62 bits per heavy atom. The van der Waals surface area contributed by atoms with Crippen molar-refractivity contribution in [3.8, 4) is 22.5 Å². The molecule has 0 radical (unpaired) electrons. The van der Waals surface area contributed by atoms with E-state index in [4.69, 9.17) is 0 Å². The predicted octanol–water partition coefficient (Wildman–Crippen LogP) is 5.73. The topological polar surface area (TPSA) is 115 Å². The molecule has 9 heteroatoms. The lowest BCUT2D eigenvalue weighted by atomic mass is 10.1. The molecule has 0 spiro atoms. The number of pyridine rings is 3. The molecule has 1 fully saturated rings. The van der Waals surface area contributed by atoms with Gasteiger partial charge in [0.15, 0.2) is 5.65 Å². The number of fused-ring (bicyclic) bond motifs is 2. The van der Waals surface area contributed by atoms with E-state index < -0.39 is 0 Å². The smallest absolute Gasteiger partial charge is 0.228 e. The van der Waals surface area contributed by atoms with Gasteiger partial charge in [0.2, 0.25) is 5.91 Å². The highest BCUT2D eigenvalue weighted by Gasteiger charge is 2.18. The Hall–Kier alpha value is -5.05. The number of nitrogens with one attached hydrogen (secondary N) is 3. The van der Waals surface area contributed by atoms with Crippen molar-refractivity contribution in [1.29, 1.82) is 0 Å². The quantitative estimate of drug-likeness (QED) is 0.254. The fraction of sp³-hybridized carbons (Fsp3) is 0.194. The Morgan fingerprint density at radius 2 is 1.75 bits per heavy atom. The standard InChI is InChI=1S/C31H28N8O/c40-28(13-20-7-3-1-4-8-20)35-23-14-21(17-32-19-23)22-15-25-29(37-38-31(25)34-18-22)26-16-24-27(9-10-33-30(24)36-26)39-11-5-2-6-12-39/h1,3-4,7-10,14-19H,2,5-6,11-13H2,(H,33,36)(H,35,40)(H,34,37,38). The molecule has 0 aliphatic carbocycles. The second-order valence-electron chi connectivity index (χ2n) is 10.2. The lowest BCUT2D eigenvalue weighted by molar-refractivity contribution is -0.115. The van der Waals surface area contributed by atoms with E-state index in [1.807, 2.05) is 42.6 Å². The molecule has 6 aromatic rings. The summed E-state index contributed by atoms with van der Waals surface area (Å²) in [5.74, 6) is -0.0906. The van der Waals surface area contributed by atoms with E-state index in [-0.39, 0.29) is 5.91 Å². The maximum Gasteiger partial charge on any atom is 0.228 e. The van der Waals surface area contributed by atoms with E-state index in [2.05, 4.69) is 58.5 Å². The molecule has 0 saturated carbocycles. The molecule has 1 saturated heterocycles. The summed E-state index contributed by atoms with van der Waals surface area (Å²) in [4.78, 5) is 32.1. The molecule has 1 aliphatic heterocycles. The van der Waals surface area contributed by atoms with E-state index in [0.29, 0.717) is 17.8 Å². The van der Waals surface area contributed by atoms with Gasteiger partial charge in [-0.3, -0.25) is 14.9 Å². The Morgan fingerprint density at radius 1 is 0.900 bits per heavy atom. The van der Waals surface area contributed by atoms with Gasteiger partial charge in [0.25, 0.3) is 0 Å². The minimum absolute atomic E-state index is 0.0906. The summed E-state index contributed by atoms with van der Waals surface area (Å²) in [5, 5.41) is 12.6. The minimum Gasteiger partial charge on any atom is -0.371 e. The molecule has 1 amide bonds. The van der Waals surface area contributed by atoms with Crippen LogP contribution in [-0.2, 0) is 11.2 Å². The van der Waals surface area contributed by atoms with Gasteiger partial charge >= 0.3 is 0 Å². The first-order valence-electron chi connectivity index (χ1n) is 13.6. The van der Waals surface area contributed by atoms with E-state index in [9.17, 15) is 4.79 Å². The molecule has 6 heterocycles. The van der Waals surface area contributed by atoms with Crippen LogP contribution in [0.2, 0.25) is 0 Å². The molecular weight excluding hydrogens is 500 g/mol. The summed E-state index contributed by atoms with van der Waals surface area (Å²) in [5.41, 5.74) is 7.79. The van der Waals surface area contributed by atoms with Crippen LogP contribution in [0.4, 0.5) is 11.4 Å². The SMILES string of the molecule is O=C(Cc1ccccc1)Nc1cncc(-c2cnc3n[nH]c(-c4cc5c(N6CCCCC6)ccnc5[nH]4)c3c2)c1. The summed E-state index contributed by atoms with van der Waals surface area (Å²) in [6, 6.07) is 17.9. The van der Waals surface area contributed by atoms with Crippen LogP contribution in [0.15, 0.2) is 79.4 Å². The Labute approximate surface area is 230 Å². The van der Waals surface area contributed by atoms with Crippen LogP contribution >= 0.6 is 0 Å². The maximum absolute atomic E-state index is 12.6. The number of amides is 1. The van der Waals surface area contributed by atoms with Crippen LogP contribution in [0.3, 0.4) is 0 Å². The highest BCUT2D eigenvalue weighted by molar-refractivity contribution is 5.99. The van der Waals surface area contributed by atoms with E-state index in [1.54, 1.807) is 18.6 Å². The van der Waals surface area contributed by atoms with Crippen LogP contribution < -0.4 is 10.2 Å². The van der Waals surface area contributed by atoms with E-state index in [0.717, 1.165) is 57.6 Å². The van der Waals surface area contributed by atoms with Crippen molar-refractivity contribution in [2.24, 2.45) is 0 Å². The highest BCUT2D eigenvalue weighted by atomic mass is 16.1. The average molecular weight is 529 g/mol. The van der Waals surface area contributed by atoms with Crippen molar-refractivity contribution in [2.75, 3.05) is 23.3 Å². The van der Waals surface area contributed by atoms with E-state index >= 15 is 0 Å². The van der Waals surface area contributed by atoms with Crippen LogP contribution in [0, 0.1) is 0 Å². The Kier molecular flexibility index (Phi) is 6.16. The Balaban J connectivity index is 1.19. The summed E-state index contributed by atoms with van der Waals surface area (Å²) < 4.78 is 0. The highest BCUT2D eigenvalue weighted by Crippen LogP contribution is 2.34. The van der Waals surface area contributed by atoms with Crippen molar-refractivity contribution in [1.82, 2.24) is 30.1 Å². The van der Waals surface area contributed by atoms with Crippen molar-refractivity contribution >= 4 is 39.3 Å². The van der Waals surface area contributed by atoms with Crippen LogP contribution in [0.5, 0.6) is 0 Å². The number of rotatable bonds is 6. The molecule has 40 heavy (non-hydrogen) atoms. The van der Waals surface area contributed by atoms with Crippen molar-refractivity contribution in [3.05, 3.63) is 84.9 Å². The summed E-state index contributed by atoms with van der Waals surface area (Å²) in [6.07, 6.45) is 11.1. The second kappa shape index (κ2) is 10.3. The summed E-state index contributed by atoms with van der Waals surface area (Å²) in [7, 11) is 0. The molecule has 3 N–H and O–H groups in total. The predicted molar refractivity (Wildman–Crippen MR) is 157 cm³/mol. The minimum atomic E-state index is -0.0906. The number of benzene rings is 1. The Bertz CT molecular complexity index is 1820. The monoisotopic (exact) mass is 528 g/mol.